The molecule has 0 fully saturated rings. The van der Waals surface area contributed by atoms with Gasteiger partial charge in [0.2, 0.25) is 0 Å². The molecule has 0 saturated heterocycles. The predicted octanol–water partition coefficient (Wildman–Crippen LogP) is 2.37. The maximum atomic E-state index is 11.6. The fourth-order valence-corrected chi connectivity index (χ4v) is 2.09. The molecule has 0 unspecified atom stereocenters. The lowest BCUT2D eigenvalue weighted by atomic mass is 10.3. The molecular formula is C10H12N2OS. The van der Waals surface area contributed by atoms with Gasteiger partial charge < -0.3 is 10.3 Å². The Bertz CT molecular complexity index is 427. The second-order valence-corrected chi connectivity index (χ2v) is 4.46. The van der Waals surface area contributed by atoms with E-state index in [0.29, 0.717) is 5.69 Å². The van der Waals surface area contributed by atoms with Crippen molar-refractivity contribution in [1.29, 1.82) is 0 Å². The summed E-state index contributed by atoms with van der Waals surface area (Å²) in [7, 11) is 0. The normalized spacial score (nSPS) is 11.1. The summed E-state index contributed by atoms with van der Waals surface area (Å²) in [4.78, 5) is 14.7. The van der Waals surface area contributed by atoms with Crippen molar-refractivity contribution < 1.29 is 4.79 Å². The van der Waals surface area contributed by atoms with Gasteiger partial charge >= 0.3 is 0 Å². The summed E-state index contributed by atoms with van der Waals surface area (Å²) in [6.45, 7) is 3.90. The van der Waals surface area contributed by atoms with Crippen LogP contribution in [0, 0.1) is 0 Å². The maximum Gasteiger partial charge on any atom is 0.267 e. The van der Waals surface area contributed by atoms with Crippen LogP contribution in [0.2, 0.25) is 0 Å². The molecule has 4 heteroatoms. The van der Waals surface area contributed by atoms with Crippen LogP contribution in [-0.2, 0) is 0 Å². The lowest BCUT2D eigenvalue weighted by Gasteiger charge is -2.05. The Labute approximate surface area is 86.1 Å². The molecule has 1 amide bonds. The molecule has 0 atom stereocenters. The second kappa shape index (κ2) is 3.46. The Morgan fingerprint density at radius 2 is 2.36 bits per heavy atom. The number of carbonyl (C=O) groups is 1. The Morgan fingerprint density at radius 3 is 3.00 bits per heavy atom. The summed E-state index contributed by atoms with van der Waals surface area (Å²) >= 11 is 1.63. The summed E-state index contributed by atoms with van der Waals surface area (Å²) in [5, 5.41) is 4.85. The minimum Gasteiger partial charge on any atom is -0.350 e. The van der Waals surface area contributed by atoms with Gasteiger partial charge in [-0.3, -0.25) is 4.79 Å². The van der Waals surface area contributed by atoms with Gasteiger partial charge in [-0.1, -0.05) is 0 Å². The molecule has 2 rings (SSSR count). The van der Waals surface area contributed by atoms with E-state index in [2.05, 4.69) is 10.3 Å². The van der Waals surface area contributed by atoms with Crippen molar-refractivity contribution in [2.75, 3.05) is 0 Å². The Kier molecular flexibility index (Phi) is 2.29. The summed E-state index contributed by atoms with van der Waals surface area (Å²) < 4.78 is 1.12. The van der Waals surface area contributed by atoms with Crippen LogP contribution in [0.1, 0.15) is 24.3 Å². The molecular weight excluding hydrogens is 196 g/mol. The third kappa shape index (κ3) is 1.65. The predicted molar refractivity (Wildman–Crippen MR) is 58.8 cm³/mol. The summed E-state index contributed by atoms with van der Waals surface area (Å²) in [5.41, 5.74) is 1.67. The zero-order chi connectivity index (χ0) is 10.1. The van der Waals surface area contributed by atoms with Crippen molar-refractivity contribution in [2.45, 2.75) is 19.9 Å². The first-order chi connectivity index (χ1) is 6.66. The van der Waals surface area contributed by atoms with Crippen molar-refractivity contribution in [3.63, 3.8) is 0 Å². The highest BCUT2D eigenvalue weighted by atomic mass is 32.1. The monoisotopic (exact) mass is 208 g/mol. The highest BCUT2D eigenvalue weighted by Gasteiger charge is 2.10. The molecule has 74 valence electrons. The third-order valence-electron chi connectivity index (χ3n) is 1.90. The van der Waals surface area contributed by atoms with E-state index in [-0.39, 0.29) is 11.9 Å². The van der Waals surface area contributed by atoms with E-state index in [9.17, 15) is 4.79 Å². The van der Waals surface area contributed by atoms with Crippen LogP contribution < -0.4 is 5.32 Å². The quantitative estimate of drug-likeness (QED) is 0.782. The Balaban J connectivity index is 2.26. The number of aromatic amines is 1. The van der Waals surface area contributed by atoms with Crippen molar-refractivity contribution in [2.24, 2.45) is 0 Å². The van der Waals surface area contributed by atoms with Crippen molar-refractivity contribution in [3.05, 3.63) is 23.2 Å². The number of rotatable bonds is 2. The highest BCUT2D eigenvalue weighted by molar-refractivity contribution is 7.17. The molecule has 0 aliphatic carbocycles. The summed E-state index contributed by atoms with van der Waals surface area (Å²) in [6.07, 6.45) is 0. The molecule has 2 N–H and O–H groups in total. The molecule has 0 saturated carbocycles. The van der Waals surface area contributed by atoms with Gasteiger partial charge in [-0.2, -0.15) is 0 Å². The first-order valence-corrected chi connectivity index (χ1v) is 5.42. The average molecular weight is 208 g/mol. The van der Waals surface area contributed by atoms with Gasteiger partial charge in [0.25, 0.3) is 5.91 Å². The molecule has 0 aliphatic rings. The SMILES string of the molecule is CC(C)NC(=O)c1cc2sccc2[nH]1. The van der Waals surface area contributed by atoms with Crippen LogP contribution in [0.15, 0.2) is 17.5 Å². The van der Waals surface area contributed by atoms with Crippen molar-refractivity contribution in [3.8, 4) is 0 Å². The first-order valence-electron chi connectivity index (χ1n) is 4.54. The topological polar surface area (TPSA) is 44.9 Å². The number of nitrogens with one attached hydrogen (secondary N) is 2. The van der Waals surface area contributed by atoms with E-state index in [0.717, 1.165) is 10.2 Å². The van der Waals surface area contributed by atoms with Crippen LogP contribution in [0.3, 0.4) is 0 Å². The van der Waals surface area contributed by atoms with Crippen LogP contribution in [0.4, 0.5) is 0 Å². The molecule has 0 radical (unpaired) electrons. The fourth-order valence-electron chi connectivity index (χ4n) is 1.31. The van der Waals surface area contributed by atoms with E-state index in [1.54, 1.807) is 11.3 Å². The third-order valence-corrected chi connectivity index (χ3v) is 2.77. The van der Waals surface area contributed by atoms with Crippen LogP contribution in [0.25, 0.3) is 10.2 Å². The molecule has 2 aromatic heterocycles. The minimum atomic E-state index is -0.0385. The summed E-state index contributed by atoms with van der Waals surface area (Å²) in [6, 6.07) is 4.04. The van der Waals surface area contributed by atoms with E-state index in [4.69, 9.17) is 0 Å². The minimum absolute atomic E-state index is 0.0385. The second-order valence-electron chi connectivity index (χ2n) is 3.51. The van der Waals surface area contributed by atoms with Crippen LogP contribution >= 0.6 is 11.3 Å². The molecule has 0 bridgehead atoms. The highest BCUT2D eigenvalue weighted by Crippen LogP contribution is 2.21. The molecule has 2 heterocycles. The number of amides is 1. The standard InChI is InChI=1S/C10H12N2OS/c1-6(2)11-10(13)8-5-9-7(12-8)3-4-14-9/h3-6,12H,1-2H3,(H,11,13). The molecule has 3 nitrogen and oxygen atoms in total. The lowest BCUT2D eigenvalue weighted by Crippen LogP contribution is -2.30. The average Bonchev–Trinajstić information content (AvgIpc) is 2.58. The van der Waals surface area contributed by atoms with Crippen molar-refractivity contribution >= 4 is 27.5 Å². The van der Waals surface area contributed by atoms with Gasteiger partial charge in [-0.15, -0.1) is 11.3 Å². The molecule has 0 aliphatic heterocycles. The van der Waals surface area contributed by atoms with Gasteiger partial charge in [-0.25, -0.2) is 0 Å². The van der Waals surface area contributed by atoms with Gasteiger partial charge in [0.05, 0.1) is 10.2 Å². The van der Waals surface area contributed by atoms with Crippen molar-refractivity contribution in [1.82, 2.24) is 10.3 Å². The number of thiophene rings is 1. The van der Waals surface area contributed by atoms with Gasteiger partial charge in [0, 0.05) is 6.04 Å². The fraction of sp³-hybridized carbons (Fsp3) is 0.300. The van der Waals surface area contributed by atoms with Crippen LogP contribution in [0.5, 0.6) is 0 Å². The molecule has 0 spiro atoms. The van der Waals surface area contributed by atoms with E-state index >= 15 is 0 Å². The zero-order valence-electron chi connectivity index (χ0n) is 8.13. The Hall–Kier alpha value is -1.29. The maximum absolute atomic E-state index is 11.6. The molecule has 0 aromatic carbocycles. The number of hydrogen-bond acceptors (Lipinski definition) is 2. The largest absolute Gasteiger partial charge is 0.350 e. The zero-order valence-corrected chi connectivity index (χ0v) is 8.94. The van der Waals surface area contributed by atoms with Gasteiger partial charge in [0.1, 0.15) is 5.69 Å². The number of hydrogen-bond donors (Lipinski definition) is 2. The smallest absolute Gasteiger partial charge is 0.267 e. The molecule has 2 aromatic rings. The lowest BCUT2D eigenvalue weighted by molar-refractivity contribution is 0.0939. The van der Waals surface area contributed by atoms with E-state index in [1.165, 1.54) is 0 Å². The Morgan fingerprint density at radius 1 is 1.57 bits per heavy atom. The number of H-pyrrole nitrogens is 1. The number of carbonyl (C=O) groups excluding carboxylic acids is 1. The van der Waals surface area contributed by atoms with E-state index < -0.39 is 0 Å². The molecule has 14 heavy (non-hydrogen) atoms. The number of fused-ring (bicyclic) bond motifs is 1. The van der Waals surface area contributed by atoms with E-state index in [1.807, 2.05) is 31.4 Å². The van der Waals surface area contributed by atoms with Gasteiger partial charge in [-0.05, 0) is 31.4 Å². The van der Waals surface area contributed by atoms with Crippen LogP contribution in [-0.4, -0.2) is 16.9 Å². The number of aromatic nitrogens is 1. The first kappa shape index (κ1) is 9.27. The van der Waals surface area contributed by atoms with Gasteiger partial charge in [0.15, 0.2) is 0 Å². The summed E-state index contributed by atoms with van der Waals surface area (Å²) in [5.74, 6) is -0.0385.